The van der Waals surface area contributed by atoms with Crippen LogP contribution >= 0.6 is 0 Å². The van der Waals surface area contributed by atoms with E-state index >= 15 is 0 Å². The second-order valence-corrected chi connectivity index (χ2v) is 6.98. The number of ether oxygens (including phenoxy) is 1. The lowest BCUT2D eigenvalue weighted by Gasteiger charge is -2.08. The van der Waals surface area contributed by atoms with E-state index in [9.17, 15) is 4.79 Å². The molecule has 1 aromatic carbocycles. The molecule has 29 heavy (non-hydrogen) atoms. The number of benzene rings is 1. The molecule has 0 aliphatic rings. The Kier molecular flexibility index (Phi) is 5.03. The second-order valence-electron chi connectivity index (χ2n) is 6.98. The number of aryl methyl sites for hydroxylation is 2. The minimum absolute atomic E-state index is 0.0949. The van der Waals surface area contributed by atoms with Gasteiger partial charge in [-0.1, -0.05) is 12.1 Å². The molecule has 0 aliphatic heterocycles. The molecule has 1 amide bonds. The van der Waals surface area contributed by atoms with Crippen molar-refractivity contribution in [1.82, 2.24) is 24.6 Å². The summed E-state index contributed by atoms with van der Waals surface area (Å²) in [6, 6.07) is 13.6. The minimum Gasteiger partial charge on any atom is -0.497 e. The predicted octanol–water partition coefficient (Wildman–Crippen LogP) is 3.16. The lowest BCUT2D eigenvalue weighted by atomic mass is 10.2. The maximum atomic E-state index is 12.6. The molecule has 0 bridgehead atoms. The van der Waals surface area contributed by atoms with Crippen molar-refractivity contribution in [1.29, 1.82) is 0 Å². The predicted molar refractivity (Wildman–Crippen MR) is 111 cm³/mol. The number of carbonyl (C=O) groups is 1. The number of aromatic nitrogens is 4. The van der Waals surface area contributed by atoms with E-state index in [0.717, 1.165) is 33.8 Å². The first-order chi connectivity index (χ1) is 14.0. The summed E-state index contributed by atoms with van der Waals surface area (Å²) in [4.78, 5) is 17.3. The molecule has 0 unspecified atom stereocenters. The van der Waals surface area contributed by atoms with Crippen molar-refractivity contribution >= 4 is 16.9 Å². The highest BCUT2D eigenvalue weighted by atomic mass is 16.5. The number of nitrogens with zero attached hydrogens (tertiary/aromatic N) is 4. The van der Waals surface area contributed by atoms with Crippen molar-refractivity contribution < 1.29 is 9.53 Å². The average molecular weight is 389 g/mol. The lowest BCUT2D eigenvalue weighted by molar-refractivity contribution is -0.121. The summed E-state index contributed by atoms with van der Waals surface area (Å²) in [6.45, 7) is 4.50. The van der Waals surface area contributed by atoms with Crippen molar-refractivity contribution in [2.24, 2.45) is 0 Å². The zero-order valence-corrected chi connectivity index (χ0v) is 16.7. The van der Waals surface area contributed by atoms with Crippen molar-refractivity contribution in [2.75, 3.05) is 7.11 Å². The van der Waals surface area contributed by atoms with Gasteiger partial charge in [-0.05, 0) is 55.3 Å². The summed E-state index contributed by atoms with van der Waals surface area (Å²) in [5.41, 5.74) is 3.66. The smallest absolute Gasteiger partial charge is 0.242 e. The molecule has 7 heteroatoms. The van der Waals surface area contributed by atoms with E-state index in [1.54, 1.807) is 11.8 Å². The van der Waals surface area contributed by atoms with Gasteiger partial charge in [0.15, 0.2) is 11.5 Å². The largest absolute Gasteiger partial charge is 0.497 e. The Bertz CT molecular complexity index is 1160. The van der Waals surface area contributed by atoms with Gasteiger partial charge in [-0.15, -0.1) is 0 Å². The third-order valence-electron chi connectivity index (χ3n) is 4.78. The molecule has 0 saturated carbocycles. The number of hydrogen-bond donors (Lipinski definition) is 1. The average Bonchev–Trinajstić information content (AvgIpc) is 3.35. The fourth-order valence-electron chi connectivity index (χ4n) is 3.43. The van der Waals surface area contributed by atoms with Gasteiger partial charge >= 0.3 is 0 Å². The number of nitrogens with one attached hydrogen (secondary N) is 1. The number of amides is 1. The Balaban J connectivity index is 1.59. The van der Waals surface area contributed by atoms with Crippen molar-refractivity contribution in [2.45, 2.75) is 26.9 Å². The normalized spacial score (nSPS) is 11.0. The summed E-state index contributed by atoms with van der Waals surface area (Å²) in [5.74, 6) is 1.41. The van der Waals surface area contributed by atoms with Gasteiger partial charge in [0.1, 0.15) is 12.3 Å². The number of pyridine rings is 1. The number of methoxy groups -OCH3 is 1. The maximum Gasteiger partial charge on any atom is 0.242 e. The van der Waals surface area contributed by atoms with Gasteiger partial charge in [0.2, 0.25) is 5.91 Å². The van der Waals surface area contributed by atoms with Crippen LogP contribution in [0.5, 0.6) is 5.75 Å². The molecule has 3 aromatic heterocycles. The standard InChI is InChI=1S/C22H23N5O2/c1-15-11-16(2)24-21-20(15)22(26-9-4-5-10-26)25-27(21)14-19(28)23-13-17-7-6-8-18(12-17)29-3/h4-12H,13-14H2,1-3H3,(H,23,28). The quantitative estimate of drug-likeness (QED) is 0.550. The van der Waals surface area contributed by atoms with Crippen LogP contribution in [0.2, 0.25) is 0 Å². The Morgan fingerprint density at radius 2 is 1.93 bits per heavy atom. The highest BCUT2D eigenvalue weighted by Gasteiger charge is 2.17. The summed E-state index contributed by atoms with van der Waals surface area (Å²) < 4.78 is 8.84. The number of fused-ring (bicyclic) bond motifs is 1. The highest BCUT2D eigenvalue weighted by molar-refractivity contribution is 5.88. The molecule has 3 heterocycles. The van der Waals surface area contributed by atoms with Gasteiger partial charge in [0, 0.05) is 24.6 Å². The van der Waals surface area contributed by atoms with Crippen LogP contribution in [0.3, 0.4) is 0 Å². The first-order valence-electron chi connectivity index (χ1n) is 9.43. The molecule has 0 fully saturated rings. The summed E-state index contributed by atoms with van der Waals surface area (Å²) in [5, 5.41) is 8.59. The molecule has 0 spiro atoms. The monoisotopic (exact) mass is 389 g/mol. The zero-order chi connectivity index (χ0) is 20.4. The van der Waals surface area contributed by atoms with E-state index in [-0.39, 0.29) is 12.5 Å². The van der Waals surface area contributed by atoms with Crippen molar-refractivity contribution in [3.8, 4) is 11.6 Å². The van der Waals surface area contributed by atoms with Crippen LogP contribution in [0.1, 0.15) is 16.8 Å². The highest BCUT2D eigenvalue weighted by Crippen LogP contribution is 2.25. The van der Waals surface area contributed by atoms with Crippen LogP contribution in [0.25, 0.3) is 16.9 Å². The van der Waals surface area contributed by atoms with Crippen LogP contribution in [0.15, 0.2) is 54.9 Å². The molecular formula is C22H23N5O2. The first-order valence-corrected chi connectivity index (χ1v) is 9.43. The van der Waals surface area contributed by atoms with Crippen LogP contribution in [-0.4, -0.2) is 32.3 Å². The van der Waals surface area contributed by atoms with E-state index in [1.807, 2.05) is 73.3 Å². The summed E-state index contributed by atoms with van der Waals surface area (Å²) in [7, 11) is 1.62. The van der Waals surface area contributed by atoms with Crippen molar-refractivity contribution in [3.05, 3.63) is 71.7 Å². The minimum atomic E-state index is -0.128. The van der Waals surface area contributed by atoms with Gasteiger partial charge in [-0.3, -0.25) is 4.79 Å². The molecule has 0 radical (unpaired) electrons. The number of hydrogen-bond acceptors (Lipinski definition) is 4. The van der Waals surface area contributed by atoms with Gasteiger partial charge < -0.3 is 14.6 Å². The van der Waals surface area contributed by atoms with E-state index < -0.39 is 0 Å². The molecule has 148 valence electrons. The third-order valence-corrected chi connectivity index (χ3v) is 4.78. The lowest BCUT2D eigenvalue weighted by Crippen LogP contribution is -2.27. The van der Waals surface area contributed by atoms with Crippen LogP contribution in [0, 0.1) is 13.8 Å². The van der Waals surface area contributed by atoms with E-state index in [4.69, 9.17) is 9.84 Å². The molecule has 4 rings (SSSR count). The van der Waals surface area contributed by atoms with Gasteiger partial charge in [0.25, 0.3) is 0 Å². The Morgan fingerprint density at radius 1 is 1.14 bits per heavy atom. The second kappa shape index (κ2) is 7.79. The van der Waals surface area contributed by atoms with Crippen molar-refractivity contribution in [3.63, 3.8) is 0 Å². The van der Waals surface area contributed by atoms with E-state index in [0.29, 0.717) is 12.2 Å². The van der Waals surface area contributed by atoms with Crippen LogP contribution in [0.4, 0.5) is 0 Å². The molecule has 7 nitrogen and oxygen atoms in total. The van der Waals surface area contributed by atoms with Gasteiger partial charge in [-0.25, -0.2) is 9.67 Å². The molecule has 4 aromatic rings. The molecular weight excluding hydrogens is 366 g/mol. The Labute approximate surface area is 168 Å². The molecule has 0 atom stereocenters. The molecule has 0 saturated heterocycles. The molecule has 1 N–H and O–H groups in total. The van der Waals surface area contributed by atoms with E-state index in [1.165, 1.54) is 0 Å². The maximum absolute atomic E-state index is 12.6. The van der Waals surface area contributed by atoms with E-state index in [2.05, 4.69) is 10.3 Å². The Morgan fingerprint density at radius 3 is 2.69 bits per heavy atom. The topological polar surface area (TPSA) is 74.0 Å². The number of carbonyl (C=O) groups excluding carboxylic acids is 1. The van der Waals surface area contributed by atoms with Gasteiger partial charge in [0.05, 0.1) is 12.5 Å². The Hall–Kier alpha value is -3.61. The third kappa shape index (κ3) is 3.85. The molecule has 0 aliphatic carbocycles. The first kappa shape index (κ1) is 18.7. The zero-order valence-electron chi connectivity index (χ0n) is 16.7. The van der Waals surface area contributed by atoms with Crippen LogP contribution < -0.4 is 10.1 Å². The summed E-state index contributed by atoms with van der Waals surface area (Å²) >= 11 is 0. The SMILES string of the molecule is COc1cccc(CNC(=O)Cn2nc(-n3cccc3)c3c(C)cc(C)nc32)c1. The fourth-order valence-corrected chi connectivity index (χ4v) is 3.43. The number of rotatable bonds is 6. The van der Waals surface area contributed by atoms with Crippen LogP contribution in [-0.2, 0) is 17.9 Å². The summed E-state index contributed by atoms with van der Waals surface area (Å²) in [6.07, 6.45) is 3.88. The van der Waals surface area contributed by atoms with Gasteiger partial charge in [-0.2, -0.15) is 5.10 Å². The fraction of sp³-hybridized carbons (Fsp3) is 0.227.